The second kappa shape index (κ2) is 5.73. The fourth-order valence-electron chi connectivity index (χ4n) is 2.18. The lowest BCUT2D eigenvalue weighted by Gasteiger charge is -2.08. The first kappa shape index (κ1) is 14.5. The number of thiazole rings is 1. The van der Waals surface area contributed by atoms with Crippen molar-refractivity contribution in [1.29, 1.82) is 0 Å². The highest BCUT2D eigenvalue weighted by Gasteiger charge is 2.12. The van der Waals surface area contributed by atoms with Gasteiger partial charge in [0.05, 0.1) is 17.5 Å². The molecule has 112 valence electrons. The van der Waals surface area contributed by atoms with Crippen LogP contribution in [-0.4, -0.2) is 20.4 Å². The number of aromatic nitrogens is 3. The third-order valence-electron chi connectivity index (χ3n) is 3.61. The number of hydrogen-bond acceptors (Lipinski definition) is 4. The summed E-state index contributed by atoms with van der Waals surface area (Å²) in [5.74, 6) is -0.179. The van der Waals surface area contributed by atoms with Gasteiger partial charge in [0, 0.05) is 21.9 Å². The van der Waals surface area contributed by atoms with Gasteiger partial charge in [0.2, 0.25) is 0 Å². The minimum Gasteiger partial charge on any atom is -0.321 e. The van der Waals surface area contributed by atoms with Crippen LogP contribution in [0.5, 0.6) is 0 Å². The molecule has 0 saturated carbocycles. The second-order valence-corrected chi connectivity index (χ2v) is 6.10. The van der Waals surface area contributed by atoms with Gasteiger partial charge >= 0.3 is 0 Å². The maximum absolute atomic E-state index is 12.1. The number of rotatable bonds is 3. The second-order valence-electron chi connectivity index (χ2n) is 5.04. The largest absolute Gasteiger partial charge is 0.321 e. The van der Waals surface area contributed by atoms with Crippen LogP contribution in [0.1, 0.15) is 26.8 Å². The number of benzene rings is 1. The van der Waals surface area contributed by atoms with E-state index < -0.39 is 0 Å². The molecule has 0 aliphatic heterocycles. The van der Waals surface area contributed by atoms with E-state index >= 15 is 0 Å². The highest BCUT2D eigenvalue weighted by atomic mass is 32.1. The van der Waals surface area contributed by atoms with Crippen LogP contribution in [0.3, 0.4) is 0 Å². The molecule has 6 heteroatoms. The van der Waals surface area contributed by atoms with Crippen LogP contribution in [0.25, 0.3) is 5.69 Å². The summed E-state index contributed by atoms with van der Waals surface area (Å²) in [4.78, 5) is 21.4. The minimum absolute atomic E-state index is 0.179. The third-order valence-corrected chi connectivity index (χ3v) is 4.37. The molecule has 1 aromatic carbocycles. The number of anilines is 1. The zero-order valence-electron chi connectivity index (χ0n) is 12.6. The molecule has 1 N–H and O–H groups in total. The fraction of sp³-hybridized carbons (Fsp3) is 0.188. The van der Waals surface area contributed by atoms with Gasteiger partial charge in [0.15, 0.2) is 0 Å². The summed E-state index contributed by atoms with van der Waals surface area (Å²) in [5, 5.41) is 2.86. The predicted octanol–water partition coefficient (Wildman–Crippen LogP) is 3.51. The highest BCUT2D eigenvalue weighted by Crippen LogP contribution is 2.18. The Morgan fingerprint density at radius 3 is 2.41 bits per heavy atom. The van der Waals surface area contributed by atoms with Gasteiger partial charge < -0.3 is 9.88 Å². The van der Waals surface area contributed by atoms with E-state index in [4.69, 9.17) is 0 Å². The number of nitrogens with one attached hydrogen (secondary N) is 1. The van der Waals surface area contributed by atoms with Crippen molar-refractivity contribution in [3.63, 3.8) is 0 Å². The van der Waals surface area contributed by atoms with Gasteiger partial charge in [0.25, 0.3) is 5.91 Å². The van der Waals surface area contributed by atoms with Crippen molar-refractivity contribution in [2.24, 2.45) is 0 Å². The Hall–Kier alpha value is -2.47. The van der Waals surface area contributed by atoms with Crippen molar-refractivity contribution >= 4 is 22.9 Å². The molecule has 0 radical (unpaired) electrons. The molecule has 0 saturated heterocycles. The summed E-state index contributed by atoms with van der Waals surface area (Å²) in [5.41, 5.74) is 6.04. The van der Waals surface area contributed by atoms with Crippen molar-refractivity contribution in [3.8, 4) is 5.69 Å². The minimum atomic E-state index is -0.179. The van der Waals surface area contributed by atoms with Gasteiger partial charge in [-0.3, -0.25) is 4.79 Å². The molecule has 0 fully saturated rings. The molecule has 3 aromatic rings. The topological polar surface area (TPSA) is 59.8 Å². The first-order valence-corrected chi connectivity index (χ1v) is 7.76. The van der Waals surface area contributed by atoms with Crippen LogP contribution >= 0.6 is 11.3 Å². The van der Waals surface area contributed by atoms with Crippen molar-refractivity contribution in [2.45, 2.75) is 20.8 Å². The van der Waals surface area contributed by atoms with Gasteiger partial charge in [-0.15, -0.1) is 11.3 Å². The molecule has 0 aliphatic carbocycles. The lowest BCUT2D eigenvalue weighted by molar-refractivity contribution is 0.102. The first-order chi connectivity index (χ1) is 10.6. The van der Waals surface area contributed by atoms with E-state index in [1.807, 2.05) is 49.6 Å². The molecule has 2 aromatic heterocycles. The molecular weight excluding hydrogens is 296 g/mol. The molecule has 0 aliphatic rings. The molecule has 22 heavy (non-hydrogen) atoms. The average Bonchev–Trinajstić information content (AvgIpc) is 3.07. The Morgan fingerprint density at radius 1 is 1.14 bits per heavy atom. The molecule has 0 atom stereocenters. The lowest BCUT2D eigenvalue weighted by atomic mass is 10.2. The van der Waals surface area contributed by atoms with Crippen LogP contribution in [0, 0.1) is 20.8 Å². The van der Waals surface area contributed by atoms with Crippen molar-refractivity contribution in [3.05, 3.63) is 58.1 Å². The summed E-state index contributed by atoms with van der Waals surface area (Å²) in [6.45, 7) is 5.90. The number of carbonyl (C=O) groups excluding carboxylic acids is 1. The first-order valence-electron chi connectivity index (χ1n) is 6.88. The van der Waals surface area contributed by atoms with Crippen LogP contribution < -0.4 is 5.32 Å². The summed E-state index contributed by atoms with van der Waals surface area (Å²) >= 11 is 1.46. The van der Waals surface area contributed by atoms with Gasteiger partial charge in [-0.2, -0.15) is 0 Å². The molecule has 0 unspecified atom stereocenters. The molecule has 0 bridgehead atoms. The molecule has 2 heterocycles. The Labute approximate surface area is 132 Å². The number of aryl methyl sites for hydroxylation is 2. The van der Waals surface area contributed by atoms with E-state index in [-0.39, 0.29) is 5.91 Å². The normalized spacial score (nSPS) is 10.7. The Morgan fingerprint density at radius 2 is 1.86 bits per heavy atom. The predicted molar refractivity (Wildman–Crippen MR) is 87.8 cm³/mol. The van der Waals surface area contributed by atoms with Gasteiger partial charge in [0.1, 0.15) is 5.69 Å². The summed E-state index contributed by atoms with van der Waals surface area (Å²) < 4.78 is 2.02. The van der Waals surface area contributed by atoms with E-state index in [0.29, 0.717) is 5.69 Å². The van der Waals surface area contributed by atoms with E-state index in [1.165, 1.54) is 11.3 Å². The SMILES string of the molecule is Cc1ncn(-c2ccc(NC(=O)c3ncsc3C)cc2)c1C. The van der Waals surface area contributed by atoms with Crippen LogP contribution in [-0.2, 0) is 0 Å². The van der Waals surface area contributed by atoms with Crippen LogP contribution in [0.4, 0.5) is 5.69 Å². The molecule has 3 rings (SSSR count). The number of hydrogen-bond donors (Lipinski definition) is 1. The average molecular weight is 312 g/mol. The fourth-order valence-corrected chi connectivity index (χ4v) is 2.75. The Balaban J connectivity index is 1.79. The van der Waals surface area contributed by atoms with Gasteiger partial charge in [-0.1, -0.05) is 0 Å². The highest BCUT2D eigenvalue weighted by molar-refractivity contribution is 7.09. The molecule has 5 nitrogen and oxygen atoms in total. The maximum Gasteiger partial charge on any atom is 0.275 e. The summed E-state index contributed by atoms with van der Waals surface area (Å²) in [6, 6.07) is 7.67. The van der Waals surface area contributed by atoms with Crippen molar-refractivity contribution in [1.82, 2.24) is 14.5 Å². The van der Waals surface area contributed by atoms with Gasteiger partial charge in [-0.25, -0.2) is 9.97 Å². The number of carbonyl (C=O) groups is 1. The third kappa shape index (κ3) is 2.65. The van der Waals surface area contributed by atoms with Crippen LogP contribution in [0.2, 0.25) is 0 Å². The summed E-state index contributed by atoms with van der Waals surface area (Å²) in [6.07, 6.45) is 1.80. The zero-order valence-corrected chi connectivity index (χ0v) is 13.4. The Bertz CT molecular complexity index is 817. The zero-order chi connectivity index (χ0) is 15.7. The Kier molecular flexibility index (Phi) is 3.77. The number of amides is 1. The molecular formula is C16H16N4OS. The van der Waals surface area contributed by atoms with E-state index in [1.54, 1.807) is 11.8 Å². The van der Waals surface area contributed by atoms with Gasteiger partial charge in [-0.05, 0) is 45.0 Å². The molecule has 1 amide bonds. The van der Waals surface area contributed by atoms with Crippen molar-refractivity contribution in [2.75, 3.05) is 5.32 Å². The van der Waals surface area contributed by atoms with E-state index in [0.717, 1.165) is 27.6 Å². The lowest BCUT2D eigenvalue weighted by Crippen LogP contribution is -2.13. The van der Waals surface area contributed by atoms with Crippen LogP contribution in [0.15, 0.2) is 36.1 Å². The number of nitrogens with zero attached hydrogens (tertiary/aromatic N) is 3. The van der Waals surface area contributed by atoms with E-state index in [9.17, 15) is 4.79 Å². The quantitative estimate of drug-likeness (QED) is 0.805. The van der Waals surface area contributed by atoms with E-state index in [2.05, 4.69) is 15.3 Å². The smallest absolute Gasteiger partial charge is 0.275 e. The monoisotopic (exact) mass is 312 g/mol. The van der Waals surface area contributed by atoms with Crippen molar-refractivity contribution < 1.29 is 4.79 Å². The summed E-state index contributed by atoms with van der Waals surface area (Å²) in [7, 11) is 0. The maximum atomic E-state index is 12.1. The standard InChI is InChI=1S/C16H16N4OS/c1-10-11(2)20(8-17-10)14-6-4-13(5-7-14)19-16(21)15-12(3)22-9-18-15/h4-9H,1-3H3,(H,19,21). The number of imidazole rings is 1. The molecule has 0 spiro atoms.